The number of carboxylic acid groups (broad SMARTS) is 1. The van der Waals surface area contributed by atoms with Gasteiger partial charge in [-0.25, -0.2) is 4.89 Å². The standard InChI is InChI=1S/C43H74N2O10/c1-43(2,29-4-14-35(15-5-29)54-37-18-8-31(9-19-37)44-41(48)39-22-13-34(47)24-40(39)42(49)50)30-6-16-36(17-7-30)55-38-20-10-32(11-21-38)45-52-25-27-3-12-33(46)23-28(27)26-53-51/h27-40,45-47,51H,3-26H2,1-2H3,(H,44,48)(H,49,50). The Morgan fingerprint density at radius 3 is 1.60 bits per heavy atom. The van der Waals surface area contributed by atoms with Crippen molar-refractivity contribution in [1.82, 2.24) is 10.8 Å². The molecular weight excluding hydrogens is 704 g/mol. The molecule has 316 valence electrons. The molecule has 0 saturated heterocycles. The summed E-state index contributed by atoms with van der Waals surface area (Å²) in [6, 6.07) is 0.412. The average molecular weight is 779 g/mol. The third-order valence-corrected chi connectivity index (χ3v) is 15.3. The van der Waals surface area contributed by atoms with Gasteiger partial charge in [-0.15, -0.1) is 0 Å². The van der Waals surface area contributed by atoms with Crippen LogP contribution in [0.3, 0.4) is 0 Å². The second kappa shape index (κ2) is 20.5. The number of aliphatic hydroxyl groups is 2. The van der Waals surface area contributed by atoms with E-state index in [-0.39, 0.29) is 49.0 Å². The van der Waals surface area contributed by atoms with Gasteiger partial charge in [-0.2, -0.15) is 5.48 Å². The lowest BCUT2D eigenvalue weighted by molar-refractivity contribution is -0.258. The zero-order chi connectivity index (χ0) is 39.0. The summed E-state index contributed by atoms with van der Waals surface area (Å²) in [6.45, 7) is 5.85. The Labute approximate surface area is 329 Å². The highest BCUT2D eigenvalue weighted by atomic mass is 17.1. The van der Waals surface area contributed by atoms with Crippen LogP contribution in [0.25, 0.3) is 0 Å². The molecule has 6 aliphatic rings. The lowest BCUT2D eigenvalue weighted by atomic mass is 9.60. The van der Waals surface area contributed by atoms with E-state index in [0.717, 1.165) is 102 Å². The molecular formula is C43H74N2O10. The van der Waals surface area contributed by atoms with Crippen LogP contribution in [0.1, 0.15) is 155 Å². The van der Waals surface area contributed by atoms with Gasteiger partial charge >= 0.3 is 5.97 Å². The Morgan fingerprint density at radius 2 is 1.07 bits per heavy atom. The Balaban J connectivity index is 0.822. The van der Waals surface area contributed by atoms with Gasteiger partial charge in [0.05, 0.1) is 61.7 Å². The summed E-state index contributed by atoms with van der Waals surface area (Å²) in [5.41, 5.74) is 3.62. The Hall–Kier alpha value is -1.38. The molecule has 55 heavy (non-hydrogen) atoms. The van der Waals surface area contributed by atoms with Crippen molar-refractivity contribution in [3.8, 4) is 0 Å². The Bertz CT molecular complexity index is 1170. The molecule has 6 N–H and O–H groups in total. The lowest BCUT2D eigenvalue weighted by Crippen LogP contribution is -2.47. The summed E-state index contributed by atoms with van der Waals surface area (Å²) in [5, 5.41) is 41.6. The van der Waals surface area contributed by atoms with E-state index in [9.17, 15) is 24.9 Å². The number of ether oxygens (including phenoxy) is 2. The highest BCUT2D eigenvalue weighted by Gasteiger charge is 2.43. The first kappa shape index (κ1) is 43.2. The average Bonchev–Trinajstić information content (AvgIpc) is 3.17. The van der Waals surface area contributed by atoms with Crippen LogP contribution in [0, 0.1) is 40.9 Å². The Morgan fingerprint density at radius 1 is 0.582 bits per heavy atom. The summed E-state index contributed by atoms with van der Waals surface area (Å²) >= 11 is 0. The first-order chi connectivity index (χ1) is 26.5. The minimum Gasteiger partial charge on any atom is -0.481 e. The van der Waals surface area contributed by atoms with E-state index in [1.165, 1.54) is 25.7 Å². The van der Waals surface area contributed by atoms with Gasteiger partial charge in [0.2, 0.25) is 5.91 Å². The van der Waals surface area contributed by atoms with Crippen LogP contribution in [0.15, 0.2) is 0 Å². The summed E-state index contributed by atoms with van der Waals surface area (Å²) in [7, 11) is 0. The number of hydrogen-bond acceptors (Lipinski definition) is 10. The third kappa shape index (κ3) is 12.1. The van der Waals surface area contributed by atoms with E-state index >= 15 is 0 Å². The van der Waals surface area contributed by atoms with Crippen molar-refractivity contribution in [2.75, 3.05) is 13.2 Å². The lowest BCUT2D eigenvalue weighted by Gasteiger charge is -2.47. The molecule has 6 aliphatic carbocycles. The maximum absolute atomic E-state index is 13.0. The van der Waals surface area contributed by atoms with Crippen LogP contribution < -0.4 is 10.8 Å². The first-order valence-corrected chi connectivity index (χ1v) is 22.3. The normalized spacial score (nSPS) is 40.7. The van der Waals surface area contributed by atoms with E-state index in [4.69, 9.17) is 19.6 Å². The fourth-order valence-corrected chi connectivity index (χ4v) is 11.6. The van der Waals surface area contributed by atoms with Gasteiger partial charge in [0.15, 0.2) is 0 Å². The molecule has 6 fully saturated rings. The van der Waals surface area contributed by atoms with Crippen LogP contribution in [0.5, 0.6) is 0 Å². The van der Waals surface area contributed by atoms with Gasteiger partial charge in [-0.3, -0.25) is 14.8 Å². The molecule has 6 saturated carbocycles. The summed E-state index contributed by atoms with van der Waals surface area (Å²) in [5.74, 6) is -0.662. The molecule has 1 amide bonds. The predicted molar refractivity (Wildman–Crippen MR) is 207 cm³/mol. The monoisotopic (exact) mass is 779 g/mol. The van der Waals surface area contributed by atoms with Crippen molar-refractivity contribution in [3.63, 3.8) is 0 Å². The quantitative estimate of drug-likeness (QED) is 0.0786. The number of carboxylic acids is 1. The zero-order valence-electron chi connectivity index (χ0n) is 33.8. The van der Waals surface area contributed by atoms with Crippen LogP contribution in [0.4, 0.5) is 0 Å². The summed E-state index contributed by atoms with van der Waals surface area (Å²) in [6.07, 6.45) is 21.0. The Kier molecular flexibility index (Phi) is 16.1. The van der Waals surface area contributed by atoms with E-state index < -0.39 is 23.9 Å². The molecule has 12 nitrogen and oxygen atoms in total. The zero-order valence-corrected chi connectivity index (χ0v) is 33.8. The fourth-order valence-electron chi connectivity index (χ4n) is 11.6. The van der Waals surface area contributed by atoms with Gasteiger partial charge < -0.3 is 34.9 Å². The highest BCUT2D eigenvalue weighted by molar-refractivity contribution is 5.85. The number of carbonyl (C=O) groups excluding carboxylic acids is 1. The van der Waals surface area contributed by atoms with Crippen molar-refractivity contribution in [1.29, 1.82) is 0 Å². The maximum atomic E-state index is 13.0. The molecule has 6 rings (SSSR count). The third-order valence-electron chi connectivity index (χ3n) is 15.3. The van der Waals surface area contributed by atoms with E-state index in [1.807, 2.05) is 0 Å². The second-order valence-corrected chi connectivity index (χ2v) is 19.2. The maximum Gasteiger partial charge on any atom is 0.307 e. The van der Waals surface area contributed by atoms with Crippen LogP contribution in [-0.2, 0) is 28.8 Å². The van der Waals surface area contributed by atoms with Crippen LogP contribution in [0.2, 0.25) is 0 Å². The number of rotatable bonds is 15. The summed E-state index contributed by atoms with van der Waals surface area (Å²) in [4.78, 5) is 35.1. The van der Waals surface area contributed by atoms with Gasteiger partial charge in [0.1, 0.15) is 0 Å². The minimum absolute atomic E-state index is 0.0709. The van der Waals surface area contributed by atoms with Crippen molar-refractivity contribution in [2.24, 2.45) is 40.9 Å². The van der Waals surface area contributed by atoms with Crippen molar-refractivity contribution in [3.05, 3.63) is 0 Å². The number of hydroxylamine groups is 1. The SMILES string of the molecule is CC(C)(C1CCC(OC2CCC(NOCC3CCC(O)CC3COO)CC2)CC1)C1CCC(OC2CCC(NC(=O)C3CCC(O)CC3C(=O)O)CC2)CC1. The van der Waals surface area contributed by atoms with Crippen LogP contribution in [-0.4, -0.2) is 94.4 Å². The molecule has 6 atom stereocenters. The molecule has 0 aliphatic heterocycles. The highest BCUT2D eigenvalue weighted by Crippen LogP contribution is 2.49. The number of carbonyl (C=O) groups is 2. The molecule has 12 heteroatoms. The summed E-state index contributed by atoms with van der Waals surface area (Å²) < 4.78 is 13.4. The van der Waals surface area contributed by atoms with Gasteiger partial charge in [-0.05, 0) is 170 Å². The molecule has 0 aromatic heterocycles. The van der Waals surface area contributed by atoms with E-state index in [2.05, 4.69) is 29.5 Å². The minimum atomic E-state index is -0.988. The number of aliphatic hydroxyl groups excluding tert-OH is 2. The van der Waals surface area contributed by atoms with Crippen molar-refractivity contribution >= 4 is 11.9 Å². The molecule has 0 bridgehead atoms. The van der Waals surface area contributed by atoms with E-state index in [0.29, 0.717) is 55.6 Å². The molecule has 0 aromatic carbocycles. The number of amides is 1. The molecule has 0 aromatic rings. The molecule has 0 radical (unpaired) electrons. The van der Waals surface area contributed by atoms with Crippen molar-refractivity contribution < 1.29 is 49.4 Å². The van der Waals surface area contributed by atoms with Gasteiger partial charge in [-0.1, -0.05) is 13.8 Å². The topological polar surface area (TPSA) is 176 Å². The van der Waals surface area contributed by atoms with E-state index in [1.54, 1.807) is 0 Å². The smallest absolute Gasteiger partial charge is 0.307 e. The van der Waals surface area contributed by atoms with Crippen molar-refractivity contribution in [2.45, 2.75) is 204 Å². The number of aliphatic carboxylic acids is 1. The molecule has 6 unspecified atom stereocenters. The molecule has 0 spiro atoms. The van der Waals surface area contributed by atoms with Crippen LogP contribution >= 0.6 is 0 Å². The second-order valence-electron chi connectivity index (χ2n) is 19.2. The van der Waals surface area contributed by atoms with Gasteiger partial charge in [0.25, 0.3) is 0 Å². The predicted octanol–water partition coefficient (Wildman–Crippen LogP) is 6.55. The first-order valence-electron chi connectivity index (χ1n) is 22.3. The number of nitrogens with one attached hydrogen (secondary N) is 2. The van der Waals surface area contributed by atoms with Gasteiger partial charge in [0, 0.05) is 12.1 Å². The molecule has 0 heterocycles. The fraction of sp³-hybridized carbons (Fsp3) is 0.953. The number of hydrogen-bond donors (Lipinski definition) is 6. The largest absolute Gasteiger partial charge is 0.481 e.